The third kappa shape index (κ3) is 6.86. The fourth-order valence-electron chi connectivity index (χ4n) is 3.79. The first-order chi connectivity index (χ1) is 15.0. The van der Waals surface area contributed by atoms with Gasteiger partial charge < -0.3 is 15.4 Å². The predicted molar refractivity (Wildman–Crippen MR) is 126 cm³/mol. The van der Waals surface area contributed by atoms with Crippen LogP contribution < -0.4 is 10.5 Å². The second-order valence-electron chi connectivity index (χ2n) is 7.90. The van der Waals surface area contributed by atoms with Gasteiger partial charge in [-0.2, -0.15) is 0 Å². The van der Waals surface area contributed by atoms with Gasteiger partial charge in [0.15, 0.2) is 6.61 Å². The van der Waals surface area contributed by atoms with E-state index in [9.17, 15) is 4.79 Å². The number of carbonyl (C=O) groups excluding carboxylic acids is 1. The lowest BCUT2D eigenvalue weighted by molar-refractivity contribution is -0.135. The van der Waals surface area contributed by atoms with E-state index in [2.05, 4.69) is 35.8 Å². The lowest BCUT2D eigenvalue weighted by atomic mass is 10.1. The summed E-state index contributed by atoms with van der Waals surface area (Å²) in [6.07, 6.45) is 0. The molecule has 0 atom stereocenters. The molecule has 1 saturated heterocycles. The number of ether oxygens (including phenoxy) is 1. The van der Waals surface area contributed by atoms with Crippen LogP contribution in [0.1, 0.15) is 25.0 Å². The largest absolute Gasteiger partial charge is 0.483 e. The maximum atomic E-state index is 12.7. The average Bonchev–Trinajstić information content (AvgIpc) is 2.78. The first-order valence-electron chi connectivity index (χ1n) is 11.0. The van der Waals surface area contributed by atoms with Crippen LogP contribution in [-0.2, 0) is 17.9 Å². The molecule has 168 valence electrons. The van der Waals surface area contributed by atoms with Gasteiger partial charge in [-0.1, -0.05) is 37.6 Å². The lowest BCUT2D eigenvalue weighted by Gasteiger charge is -2.34. The number of hydrogen-bond acceptors (Lipinski definition) is 5. The molecule has 0 spiro atoms. The molecule has 0 bridgehead atoms. The third-order valence-electron chi connectivity index (χ3n) is 5.77. The molecule has 2 aromatic carbocycles. The van der Waals surface area contributed by atoms with E-state index in [0.29, 0.717) is 18.8 Å². The summed E-state index contributed by atoms with van der Waals surface area (Å²) in [7, 11) is 0. The lowest BCUT2D eigenvalue weighted by Crippen LogP contribution is -2.49. The number of nitrogens with two attached hydrogens (primary N) is 1. The van der Waals surface area contributed by atoms with Crippen LogP contribution in [0.4, 0.5) is 5.69 Å². The Kier molecular flexibility index (Phi) is 8.58. The van der Waals surface area contributed by atoms with Gasteiger partial charge in [-0.05, 0) is 49.0 Å². The Balaban J connectivity index is 1.50. The van der Waals surface area contributed by atoms with E-state index in [1.807, 2.05) is 35.2 Å². The summed E-state index contributed by atoms with van der Waals surface area (Å²) in [4.78, 5) is 19.3. The molecule has 2 N–H and O–H groups in total. The predicted octanol–water partition coefficient (Wildman–Crippen LogP) is 3.49. The van der Waals surface area contributed by atoms with E-state index in [-0.39, 0.29) is 12.5 Å². The number of benzene rings is 2. The van der Waals surface area contributed by atoms with E-state index in [0.717, 1.165) is 55.6 Å². The average molecular weight is 445 g/mol. The number of nitrogens with zero attached hydrogens (tertiary/aromatic N) is 3. The summed E-state index contributed by atoms with van der Waals surface area (Å²) in [5.41, 5.74) is 8.93. The van der Waals surface area contributed by atoms with Crippen molar-refractivity contribution < 1.29 is 9.53 Å². The molecule has 0 unspecified atom stereocenters. The topological polar surface area (TPSA) is 62.0 Å². The molecule has 31 heavy (non-hydrogen) atoms. The highest BCUT2D eigenvalue weighted by molar-refractivity contribution is 6.30. The number of rotatable bonds is 9. The standard InChI is InChI=1S/C24H33ClN4O2/c1-3-27(4-2)17-20-15-22(26)9-10-23(20)31-18-24(30)29-13-11-28(12-14-29)16-19-5-7-21(25)8-6-19/h5-10,15H,3-4,11-14,16-18,26H2,1-2H3. The molecule has 0 radical (unpaired) electrons. The molecule has 1 aliphatic heterocycles. The summed E-state index contributed by atoms with van der Waals surface area (Å²) in [5, 5.41) is 0.750. The summed E-state index contributed by atoms with van der Waals surface area (Å²) in [5.74, 6) is 0.757. The molecule has 1 aliphatic rings. The minimum Gasteiger partial charge on any atom is -0.483 e. The van der Waals surface area contributed by atoms with Crippen LogP contribution >= 0.6 is 11.6 Å². The van der Waals surface area contributed by atoms with E-state index < -0.39 is 0 Å². The van der Waals surface area contributed by atoms with Crippen molar-refractivity contribution in [2.75, 3.05) is 51.6 Å². The van der Waals surface area contributed by atoms with Crippen LogP contribution in [0.25, 0.3) is 0 Å². The zero-order valence-corrected chi connectivity index (χ0v) is 19.3. The number of carbonyl (C=O) groups is 1. The van der Waals surface area contributed by atoms with Gasteiger partial charge in [-0.15, -0.1) is 0 Å². The first kappa shape index (κ1) is 23.4. The monoisotopic (exact) mass is 444 g/mol. The molecule has 6 nitrogen and oxygen atoms in total. The molecule has 1 amide bonds. The number of nitrogen functional groups attached to an aromatic ring is 1. The number of hydrogen-bond donors (Lipinski definition) is 1. The van der Waals surface area contributed by atoms with Gasteiger partial charge in [0.25, 0.3) is 5.91 Å². The Labute approximate surface area is 190 Å². The normalized spacial score (nSPS) is 14.8. The SMILES string of the molecule is CCN(CC)Cc1cc(N)ccc1OCC(=O)N1CCN(Cc2ccc(Cl)cc2)CC1. The van der Waals surface area contributed by atoms with Crippen molar-refractivity contribution in [3.8, 4) is 5.75 Å². The smallest absolute Gasteiger partial charge is 0.260 e. The molecule has 0 aromatic heterocycles. The third-order valence-corrected chi connectivity index (χ3v) is 6.02. The molecular weight excluding hydrogens is 412 g/mol. The van der Waals surface area contributed by atoms with E-state index in [1.54, 1.807) is 0 Å². The molecule has 7 heteroatoms. The molecule has 3 rings (SSSR count). The van der Waals surface area contributed by atoms with E-state index in [1.165, 1.54) is 5.56 Å². The van der Waals surface area contributed by atoms with Crippen molar-refractivity contribution in [3.05, 3.63) is 58.6 Å². The molecule has 1 heterocycles. The highest BCUT2D eigenvalue weighted by atomic mass is 35.5. The second-order valence-corrected chi connectivity index (χ2v) is 8.34. The van der Waals surface area contributed by atoms with Gasteiger partial charge in [0, 0.05) is 55.5 Å². The minimum atomic E-state index is 0.0248. The maximum Gasteiger partial charge on any atom is 0.260 e. The van der Waals surface area contributed by atoms with Crippen molar-refractivity contribution in [2.45, 2.75) is 26.9 Å². The summed E-state index contributed by atoms with van der Waals surface area (Å²) < 4.78 is 5.93. The van der Waals surface area contributed by atoms with Crippen LogP contribution in [0, 0.1) is 0 Å². The van der Waals surface area contributed by atoms with Gasteiger partial charge in [-0.25, -0.2) is 0 Å². The van der Waals surface area contributed by atoms with Gasteiger partial charge in [0.1, 0.15) is 5.75 Å². The van der Waals surface area contributed by atoms with Crippen molar-refractivity contribution >= 4 is 23.2 Å². The minimum absolute atomic E-state index is 0.0248. The van der Waals surface area contributed by atoms with Gasteiger partial charge >= 0.3 is 0 Å². The highest BCUT2D eigenvalue weighted by Gasteiger charge is 2.22. The Bertz CT molecular complexity index is 847. The Hall–Kier alpha value is -2.28. The molecule has 1 fully saturated rings. The Morgan fingerprint density at radius 2 is 1.74 bits per heavy atom. The molecule has 0 saturated carbocycles. The fourth-order valence-corrected chi connectivity index (χ4v) is 3.91. The molecular formula is C24H33ClN4O2. The van der Waals surface area contributed by atoms with E-state index >= 15 is 0 Å². The van der Waals surface area contributed by atoms with Gasteiger partial charge in [0.05, 0.1) is 0 Å². The van der Waals surface area contributed by atoms with Crippen molar-refractivity contribution in [1.82, 2.24) is 14.7 Å². The van der Waals surface area contributed by atoms with Crippen molar-refractivity contribution in [2.24, 2.45) is 0 Å². The zero-order valence-electron chi connectivity index (χ0n) is 18.5. The number of halogens is 1. The Morgan fingerprint density at radius 1 is 1.06 bits per heavy atom. The summed E-state index contributed by atoms with van der Waals surface area (Å²) in [6, 6.07) is 13.6. The highest BCUT2D eigenvalue weighted by Crippen LogP contribution is 2.23. The number of piperazine rings is 1. The first-order valence-corrected chi connectivity index (χ1v) is 11.3. The van der Waals surface area contributed by atoms with Crippen LogP contribution in [0.5, 0.6) is 5.75 Å². The molecule has 2 aromatic rings. The summed E-state index contributed by atoms with van der Waals surface area (Å²) >= 11 is 5.96. The molecule has 0 aliphatic carbocycles. The van der Waals surface area contributed by atoms with Crippen LogP contribution in [0.2, 0.25) is 5.02 Å². The maximum absolute atomic E-state index is 12.7. The van der Waals surface area contributed by atoms with Crippen LogP contribution in [0.15, 0.2) is 42.5 Å². The van der Waals surface area contributed by atoms with Crippen molar-refractivity contribution in [1.29, 1.82) is 0 Å². The van der Waals surface area contributed by atoms with Crippen LogP contribution in [-0.4, -0.2) is 66.5 Å². The summed E-state index contributed by atoms with van der Waals surface area (Å²) in [6.45, 7) is 11.0. The quantitative estimate of drug-likeness (QED) is 0.600. The number of anilines is 1. The fraction of sp³-hybridized carbons (Fsp3) is 0.458. The Morgan fingerprint density at radius 3 is 2.39 bits per heavy atom. The zero-order chi connectivity index (χ0) is 22.2. The van der Waals surface area contributed by atoms with Gasteiger partial charge in [-0.3, -0.25) is 14.6 Å². The number of amides is 1. The van der Waals surface area contributed by atoms with Gasteiger partial charge in [0.2, 0.25) is 0 Å². The van der Waals surface area contributed by atoms with Crippen molar-refractivity contribution in [3.63, 3.8) is 0 Å². The van der Waals surface area contributed by atoms with Crippen LogP contribution in [0.3, 0.4) is 0 Å². The second kappa shape index (κ2) is 11.4. The van der Waals surface area contributed by atoms with E-state index in [4.69, 9.17) is 22.1 Å².